The molecule has 1 unspecified atom stereocenters. The number of aromatic nitrogens is 3. The van der Waals surface area contributed by atoms with Crippen LogP contribution in [-0.4, -0.2) is 36.8 Å². The van der Waals surface area contributed by atoms with Crippen LogP contribution >= 0.6 is 0 Å². The standard InChI is InChI=1S/C22H26N4O2/c1-16(2)25-10-6-9-20(25)22(28)24-11-12-26-18(15-24)14-19(23-26)21(27)13-17-7-4-3-5-8-17/h3-10,14,16,21,27H,11-13,15H2,1-2H3. The number of amides is 1. The zero-order valence-electron chi connectivity index (χ0n) is 16.3. The molecule has 0 aliphatic carbocycles. The van der Waals surface area contributed by atoms with Crippen LogP contribution in [0.1, 0.15) is 53.4 Å². The second kappa shape index (κ2) is 7.64. The van der Waals surface area contributed by atoms with Crippen LogP contribution in [0.2, 0.25) is 0 Å². The Balaban J connectivity index is 1.48. The van der Waals surface area contributed by atoms with Crippen molar-refractivity contribution in [3.05, 3.63) is 77.4 Å². The topological polar surface area (TPSA) is 63.3 Å². The molecule has 0 saturated heterocycles. The lowest BCUT2D eigenvalue weighted by Gasteiger charge is -2.28. The van der Waals surface area contributed by atoms with Crippen molar-refractivity contribution in [2.24, 2.45) is 0 Å². The maximum absolute atomic E-state index is 13.0. The number of nitrogens with zero attached hydrogens (tertiary/aromatic N) is 4. The van der Waals surface area contributed by atoms with Crippen LogP contribution in [0.25, 0.3) is 0 Å². The first-order chi connectivity index (χ1) is 13.5. The van der Waals surface area contributed by atoms with Crippen molar-refractivity contribution in [3.8, 4) is 0 Å². The molecular weight excluding hydrogens is 352 g/mol. The molecule has 0 spiro atoms. The van der Waals surface area contributed by atoms with Crippen LogP contribution < -0.4 is 0 Å². The minimum Gasteiger partial charge on any atom is -0.386 e. The zero-order chi connectivity index (χ0) is 19.7. The SMILES string of the molecule is CC(C)n1cccc1C(=O)N1CCn2nc(C(O)Cc3ccccc3)cc2C1. The fourth-order valence-electron chi connectivity index (χ4n) is 3.75. The van der Waals surface area contributed by atoms with Gasteiger partial charge in [-0.2, -0.15) is 5.10 Å². The minimum absolute atomic E-state index is 0.0394. The van der Waals surface area contributed by atoms with E-state index in [4.69, 9.17) is 0 Å². The van der Waals surface area contributed by atoms with Crippen LogP contribution in [0.15, 0.2) is 54.7 Å². The number of fused-ring (bicyclic) bond motifs is 1. The lowest BCUT2D eigenvalue weighted by atomic mass is 10.1. The Hall–Kier alpha value is -2.86. The number of carbonyl (C=O) groups is 1. The second-order valence-corrected chi connectivity index (χ2v) is 7.61. The van der Waals surface area contributed by atoms with Gasteiger partial charge < -0.3 is 14.6 Å². The van der Waals surface area contributed by atoms with E-state index in [1.807, 2.05) is 68.9 Å². The molecule has 6 heteroatoms. The Kier molecular flexibility index (Phi) is 5.05. The predicted molar refractivity (Wildman–Crippen MR) is 107 cm³/mol. The molecule has 0 bridgehead atoms. The maximum atomic E-state index is 13.0. The molecule has 1 aliphatic heterocycles. The van der Waals surface area contributed by atoms with E-state index in [0.29, 0.717) is 37.4 Å². The van der Waals surface area contributed by atoms with Gasteiger partial charge >= 0.3 is 0 Å². The van der Waals surface area contributed by atoms with E-state index in [2.05, 4.69) is 18.9 Å². The Morgan fingerprint density at radius 2 is 1.93 bits per heavy atom. The van der Waals surface area contributed by atoms with Gasteiger partial charge in [-0.3, -0.25) is 9.48 Å². The van der Waals surface area contributed by atoms with Crippen LogP contribution in [0.5, 0.6) is 0 Å². The van der Waals surface area contributed by atoms with Crippen molar-refractivity contribution >= 4 is 5.91 Å². The molecule has 0 fully saturated rings. The largest absolute Gasteiger partial charge is 0.386 e. The molecular formula is C22H26N4O2. The molecule has 146 valence electrons. The molecule has 4 rings (SSSR count). The summed E-state index contributed by atoms with van der Waals surface area (Å²) < 4.78 is 3.91. The Morgan fingerprint density at radius 3 is 2.68 bits per heavy atom. The van der Waals surface area contributed by atoms with Gasteiger partial charge in [0.05, 0.1) is 24.5 Å². The summed E-state index contributed by atoms with van der Waals surface area (Å²) in [7, 11) is 0. The molecule has 1 aliphatic rings. The summed E-state index contributed by atoms with van der Waals surface area (Å²) in [5.41, 5.74) is 3.42. The third-order valence-corrected chi connectivity index (χ3v) is 5.27. The normalized spacial score (nSPS) is 14.9. The summed E-state index contributed by atoms with van der Waals surface area (Å²) in [6, 6.07) is 15.9. The number of benzene rings is 1. The molecule has 3 aromatic rings. The van der Waals surface area contributed by atoms with Gasteiger partial charge in [0.25, 0.3) is 5.91 Å². The molecule has 3 heterocycles. The first-order valence-electron chi connectivity index (χ1n) is 9.77. The maximum Gasteiger partial charge on any atom is 0.270 e. The second-order valence-electron chi connectivity index (χ2n) is 7.61. The predicted octanol–water partition coefficient (Wildman–Crippen LogP) is 3.20. The van der Waals surface area contributed by atoms with E-state index >= 15 is 0 Å². The van der Waals surface area contributed by atoms with E-state index in [1.165, 1.54) is 0 Å². The van der Waals surface area contributed by atoms with E-state index < -0.39 is 6.10 Å². The highest BCUT2D eigenvalue weighted by molar-refractivity contribution is 5.92. The number of rotatable bonds is 5. The molecule has 1 amide bonds. The van der Waals surface area contributed by atoms with Crippen LogP contribution in [0.3, 0.4) is 0 Å². The smallest absolute Gasteiger partial charge is 0.270 e. The molecule has 2 aromatic heterocycles. The van der Waals surface area contributed by atoms with E-state index in [0.717, 1.165) is 11.3 Å². The third-order valence-electron chi connectivity index (χ3n) is 5.27. The van der Waals surface area contributed by atoms with Crippen molar-refractivity contribution in [1.29, 1.82) is 0 Å². The molecule has 1 aromatic carbocycles. The average molecular weight is 378 g/mol. The van der Waals surface area contributed by atoms with Gasteiger partial charge in [0.2, 0.25) is 0 Å². The molecule has 1 N–H and O–H groups in total. The highest BCUT2D eigenvalue weighted by atomic mass is 16.3. The number of hydrogen-bond donors (Lipinski definition) is 1. The number of aliphatic hydroxyl groups excluding tert-OH is 1. The van der Waals surface area contributed by atoms with Crippen molar-refractivity contribution in [1.82, 2.24) is 19.2 Å². The van der Waals surface area contributed by atoms with Gasteiger partial charge in [-0.25, -0.2) is 0 Å². The molecule has 6 nitrogen and oxygen atoms in total. The van der Waals surface area contributed by atoms with Crippen LogP contribution in [0.4, 0.5) is 0 Å². The molecule has 28 heavy (non-hydrogen) atoms. The molecule has 1 atom stereocenters. The number of aliphatic hydroxyl groups is 1. The monoisotopic (exact) mass is 378 g/mol. The van der Waals surface area contributed by atoms with Gasteiger partial charge in [0, 0.05) is 25.2 Å². The highest BCUT2D eigenvalue weighted by Crippen LogP contribution is 2.23. The lowest BCUT2D eigenvalue weighted by Crippen LogP contribution is -2.39. The molecule has 0 saturated carbocycles. The third kappa shape index (κ3) is 3.60. The minimum atomic E-state index is -0.650. The summed E-state index contributed by atoms with van der Waals surface area (Å²) in [6.45, 7) is 5.91. The first-order valence-corrected chi connectivity index (χ1v) is 9.77. The summed E-state index contributed by atoms with van der Waals surface area (Å²) in [5, 5.41) is 15.2. The van der Waals surface area contributed by atoms with Gasteiger partial charge in [-0.05, 0) is 37.6 Å². The number of carbonyl (C=O) groups excluding carboxylic acids is 1. The quantitative estimate of drug-likeness (QED) is 0.742. The number of hydrogen-bond acceptors (Lipinski definition) is 3. The van der Waals surface area contributed by atoms with Crippen molar-refractivity contribution in [3.63, 3.8) is 0 Å². The summed E-state index contributed by atoms with van der Waals surface area (Å²) in [5.74, 6) is 0.0394. The zero-order valence-corrected chi connectivity index (χ0v) is 16.3. The van der Waals surface area contributed by atoms with E-state index in [1.54, 1.807) is 0 Å². The van der Waals surface area contributed by atoms with Crippen LogP contribution in [0, 0.1) is 0 Å². The van der Waals surface area contributed by atoms with Gasteiger partial charge in [0.1, 0.15) is 11.8 Å². The lowest BCUT2D eigenvalue weighted by molar-refractivity contribution is 0.0693. The van der Waals surface area contributed by atoms with E-state index in [-0.39, 0.29) is 11.9 Å². The summed E-state index contributed by atoms with van der Waals surface area (Å²) in [6.07, 6.45) is 1.83. The first kappa shape index (κ1) is 18.5. The Morgan fingerprint density at radius 1 is 1.14 bits per heavy atom. The van der Waals surface area contributed by atoms with Crippen molar-refractivity contribution in [2.45, 2.75) is 45.5 Å². The van der Waals surface area contributed by atoms with Gasteiger partial charge in [-0.1, -0.05) is 30.3 Å². The Bertz CT molecular complexity index is 958. The Labute approximate surface area is 165 Å². The van der Waals surface area contributed by atoms with Crippen LogP contribution in [-0.2, 0) is 19.5 Å². The summed E-state index contributed by atoms with van der Waals surface area (Å²) >= 11 is 0. The summed E-state index contributed by atoms with van der Waals surface area (Å²) in [4.78, 5) is 14.9. The fraction of sp³-hybridized carbons (Fsp3) is 0.364. The van der Waals surface area contributed by atoms with Gasteiger partial charge in [-0.15, -0.1) is 0 Å². The molecule has 0 radical (unpaired) electrons. The fourth-order valence-corrected chi connectivity index (χ4v) is 3.75. The van der Waals surface area contributed by atoms with E-state index in [9.17, 15) is 9.90 Å². The van der Waals surface area contributed by atoms with Crippen molar-refractivity contribution in [2.75, 3.05) is 6.54 Å². The van der Waals surface area contributed by atoms with Gasteiger partial charge in [0.15, 0.2) is 0 Å². The highest BCUT2D eigenvalue weighted by Gasteiger charge is 2.26. The average Bonchev–Trinajstić information content (AvgIpc) is 3.34. The van der Waals surface area contributed by atoms with Crippen molar-refractivity contribution < 1.29 is 9.90 Å².